The number of hydrogen-bond donors (Lipinski definition) is 0. The van der Waals surface area contributed by atoms with Crippen molar-refractivity contribution in [3.05, 3.63) is 44.9 Å². The van der Waals surface area contributed by atoms with E-state index in [1.54, 1.807) is 11.3 Å². The molecule has 0 saturated heterocycles. The molecule has 1 aromatic carbocycles. The van der Waals surface area contributed by atoms with Gasteiger partial charge >= 0.3 is 0 Å². The summed E-state index contributed by atoms with van der Waals surface area (Å²) in [6.45, 7) is 5.05. The molecular formula is C18H20N2OS. The van der Waals surface area contributed by atoms with Crippen LogP contribution in [-0.4, -0.2) is 17.4 Å². The van der Waals surface area contributed by atoms with Gasteiger partial charge in [0.25, 0.3) is 0 Å². The summed E-state index contributed by atoms with van der Waals surface area (Å²) in [5.41, 5.74) is 6.16. The Morgan fingerprint density at radius 3 is 2.86 bits per heavy atom. The van der Waals surface area contributed by atoms with E-state index < -0.39 is 0 Å². The van der Waals surface area contributed by atoms with Crippen molar-refractivity contribution in [3.8, 4) is 0 Å². The Kier molecular flexibility index (Phi) is 3.30. The lowest BCUT2D eigenvalue weighted by molar-refractivity contribution is -0.117. The van der Waals surface area contributed by atoms with Crippen molar-refractivity contribution in [1.29, 1.82) is 0 Å². The molecule has 0 radical (unpaired) electrons. The molecule has 22 heavy (non-hydrogen) atoms. The van der Waals surface area contributed by atoms with Crippen LogP contribution in [0.25, 0.3) is 0 Å². The summed E-state index contributed by atoms with van der Waals surface area (Å²) in [5.74, 6) is 0.844. The van der Waals surface area contributed by atoms with Crippen LogP contribution in [0.15, 0.2) is 17.5 Å². The molecule has 4 rings (SSSR count). The van der Waals surface area contributed by atoms with Crippen molar-refractivity contribution >= 4 is 22.9 Å². The SMILES string of the molecule is Cc1cc2c(cc1C)N(C(=O)Cc1nc(C3CC3)cs1)CC2. The van der Waals surface area contributed by atoms with Crippen LogP contribution in [0.2, 0.25) is 0 Å². The first-order chi connectivity index (χ1) is 10.6. The number of carbonyl (C=O) groups is 1. The highest BCUT2D eigenvalue weighted by molar-refractivity contribution is 7.09. The van der Waals surface area contributed by atoms with Gasteiger partial charge in [-0.1, -0.05) is 6.07 Å². The monoisotopic (exact) mass is 312 g/mol. The van der Waals surface area contributed by atoms with Crippen molar-refractivity contribution in [3.63, 3.8) is 0 Å². The van der Waals surface area contributed by atoms with E-state index in [9.17, 15) is 4.79 Å². The second-order valence-corrected chi connectivity index (χ2v) is 7.42. The van der Waals surface area contributed by atoms with Crippen LogP contribution >= 0.6 is 11.3 Å². The van der Waals surface area contributed by atoms with E-state index in [2.05, 4.69) is 36.3 Å². The zero-order chi connectivity index (χ0) is 15.3. The molecule has 2 aliphatic rings. The minimum absolute atomic E-state index is 0.179. The van der Waals surface area contributed by atoms with Gasteiger partial charge in [0.1, 0.15) is 5.01 Å². The number of aryl methyl sites for hydroxylation is 2. The van der Waals surface area contributed by atoms with Crippen LogP contribution in [0.3, 0.4) is 0 Å². The third-order valence-electron chi connectivity index (χ3n) is 4.76. The Hall–Kier alpha value is -1.68. The first-order valence-electron chi connectivity index (χ1n) is 7.96. The van der Waals surface area contributed by atoms with Crippen molar-refractivity contribution in [2.45, 2.75) is 45.4 Å². The number of amides is 1. The van der Waals surface area contributed by atoms with Crippen molar-refractivity contribution < 1.29 is 4.79 Å². The summed E-state index contributed by atoms with van der Waals surface area (Å²) in [6.07, 6.45) is 3.92. The first-order valence-corrected chi connectivity index (χ1v) is 8.84. The summed E-state index contributed by atoms with van der Waals surface area (Å²) in [6, 6.07) is 4.39. The van der Waals surface area contributed by atoms with Gasteiger partial charge in [-0.3, -0.25) is 4.79 Å². The number of nitrogens with zero attached hydrogens (tertiary/aromatic N) is 2. The van der Waals surface area contributed by atoms with E-state index in [0.717, 1.165) is 23.7 Å². The summed E-state index contributed by atoms with van der Waals surface area (Å²) >= 11 is 1.63. The van der Waals surface area contributed by atoms with Crippen LogP contribution in [-0.2, 0) is 17.6 Å². The zero-order valence-electron chi connectivity index (χ0n) is 13.1. The molecule has 0 bridgehead atoms. The van der Waals surface area contributed by atoms with Crippen LogP contribution in [0, 0.1) is 13.8 Å². The van der Waals surface area contributed by atoms with E-state index >= 15 is 0 Å². The normalized spacial score (nSPS) is 16.9. The molecule has 1 amide bonds. The second kappa shape index (κ2) is 5.20. The van der Waals surface area contributed by atoms with Gasteiger partial charge in [-0.05, 0) is 55.9 Å². The second-order valence-electron chi connectivity index (χ2n) is 6.48. The van der Waals surface area contributed by atoms with Crippen molar-refractivity contribution in [1.82, 2.24) is 4.98 Å². The van der Waals surface area contributed by atoms with Gasteiger partial charge in [0.15, 0.2) is 0 Å². The Morgan fingerprint density at radius 1 is 1.32 bits per heavy atom. The van der Waals surface area contributed by atoms with E-state index in [1.165, 1.54) is 35.2 Å². The van der Waals surface area contributed by atoms with Crippen molar-refractivity contribution in [2.24, 2.45) is 0 Å². The minimum Gasteiger partial charge on any atom is -0.311 e. The highest BCUT2D eigenvalue weighted by atomic mass is 32.1. The number of fused-ring (bicyclic) bond motifs is 1. The number of carbonyl (C=O) groups excluding carboxylic acids is 1. The number of benzene rings is 1. The Balaban J connectivity index is 1.53. The van der Waals surface area contributed by atoms with Gasteiger partial charge in [0, 0.05) is 23.5 Å². The lowest BCUT2D eigenvalue weighted by Gasteiger charge is -2.17. The number of rotatable bonds is 3. The quantitative estimate of drug-likeness (QED) is 0.864. The van der Waals surface area contributed by atoms with E-state index in [1.807, 2.05) is 4.90 Å². The van der Waals surface area contributed by atoms with Gasteiger partial charge in [0.05, 0.1) is 12.1 Å². The summed E-state index contributed by atoms with van der Waals surface area (Å²) in [4.78, 5) is 19.2. The Bertz CT molecular complexity index is 746. The van der Waals surface area contributed by atoms with Gasteiger partial charge in [-0.15, -0.1) is 11.3 Å². The van der Waals surface area contributed by atoms with Crippen molar-refractivity contribution in [2.75, 3.05) is 11.4 Å². The highest BCUT2D eigenvalue weighted by Crippen LogP contribution is 2.40. The molecule has 0 unspecified atom stereocenters. The summed E-state index contributed by atoms with van der Waals surface area (Å²) < 4.78 is 0. The molecule has 4 heteroatoms. The molecule has 1 saturated carbocycles. The van der Waals surface area contributed by atoms with Gasteiger partial charge < -0.3 is 4.90 Å². The maximum Gasteiger partial charge on any atom is 0.233 e. The molecular weight excluding hydrogens is 292 g/mol. The molecule has 3 nitrogen and oxygen atoms in total. The molecule has 114 valence electrons. The third kappa shape index (κ3) is 2.45. The summed E-state index contributed by atoms with van der Waals surface area (Å²) in [5, 5.41) is 3.09. The molecule has 1 aliphatic heterocycles. The summed E-state index contributed by atoms with van der Waals surface area (Å²) in [7, 11) is 0. The zero-order valence-corrected chi connectivity index (χ0v) is 13.9. The van der Waals surface area contributed by atoms with Gasteiger partial charge in [-0.25, -0.2) is 4.98 Å². The molecule has 0 atom stereocenters. The maximum atomic E-state index is 12.7. The first kappa shape index (κ1) is 13.9. The smallest absolute Gasteiger partial charge is 0.233 e. The number of hydrogen-bond acceptors (Lipinski definition) is 3. The van der Waals surface area contributed by atoms with Gasteiger partial charge in [-0.2, -0.15) is 0 Å². The molecule has 2 aromatic rings. The predicted molar refractivity (Wildman–Crippen MR) is 89.8 cm³/mol. The molecule has 1 aromatic heterocycles. The van der Waals surface area contributed by atoms with Crippen LogP contribution in [0.5, 0.6) is 0 Å². The standard InChI is InChI=1S/C18H20N2OS/c1-11-7-14-5-6-20(16(14)8-12(11)2)18(21)9-17-19-15(10-22-17)13-3-4-13/h7-8,10,13H,3-6,9H2,1-2H3. The Morgan fingerprint density at radius 2 is 2.09 bits per heavy atom. The lowest BCUT2D eigenvalue weighted by Crippen LogP contribution is -2.30. The van der Waals surface area contributed by atoms with Crippen LogP contribution in [0.1, 0.15) is 46.2 Å². The predicted octanol–water partition coefficient (Wildman–Crippen LogP) is 3.77. The third-order valence-corrected chi connectivity index (χ3v) is 5.63. The maximum absolute atomic E-state index is 12.7. The fourth-order valence-electron chi connectivity index (χ4n) is 3.12. The molecule has 1 fully saturated rings. The van der Waals surface area contributed by atoms with E-state index in [-0.39, 0.29) is 5.91 Å². The Labute approximate surface area is 135 Å². The van der Waals surface area contributed by atoms with Crippen LogP contribution < -0.4 is 4.90 Å². The van der Waals surface area contributed by atoms with Crippen LogP contribution in [0.4, 0.5) is 5.69 Å². The van der Waals surface area contributed by atoms with E-state index in [0.29, 0.717) is 12.3 Å². The number of aromatic nitrogens is 1. The minimum atomic E-state index is 0.179. The highest BCUT2D eigenvalue weighted by Gasteiger charge is 2.28. The average Bonchev–Trinajstić information content (AvgIpc) is 3.11. The lowest BCUT2D eigenvalue weighted by atomic mass is 10.0. The van der Waals surface area contributed by atoms with Gasteiger partial charge in [0.2, 0.25) is 5.91 Å². The fourth-order valence-corrected chi connectivity index (χ4v) is 3.99. The number of thiazole rings is 1. The average molecular weight is 312 g/mol. The topological polar surface area (TPSA) is 33.2 Å². The number of anilines is 1. The molecule has 0 N–H and O–H groups in total. The van der Waals surface area contributed by atoms with E-state index in [4.69, 9.17) is 0 Å². The molecule has 2 heterocycles. The fraction of sp³-hybridized carbons (Fsp3) is 0.444. The molecule has 1 aliphatic carbocycles. The molecule has 0 spiro atoms. The largest absolute Gasteiger partial charge is 0.311 e.